The summed E-state index contributed by atoms with van der Waals surface area (Å²) in [4.78, 5) is 0. The third kappa shape index (κ3) is 3.91. The molecule has 3 aromatic carbocycles. The third-order valence-corrected chi connectivity index (χ3v) is 4.14. The standard InChI is InChI=1S/C24H22/c1-19(17-21-11-5-3-6-12-21)23-15-9-10-16-24(23)20(2)18-22-13-7-4-8-14-22/h3-18H,1-2H3. The molecular formula is C24H22. The van der Waals surface area contributed by atoms with Crippen molar-refractivity contribution in [3.05, 3.63) is 107 Å². The van der Waals surface area contributed by atoms with E-state index < -0.39 is 0 Å². The van der Waals surface area contributed by atoms with Gasteiger partial charge in [0.2, 0.25) is 0 Å². The van der Waals surface area contributed by atoms with Crippen LogP contribution in [0.3, 0.4) is 0 Å². The smallest absolute Gasteiger partial charge is 0.0152 e. The highest BCUT2D eigenvalue weighted by molar-refractivity contribution is 5.90. The van der Waals surface area contributed by atoms with Crippen LogP contribution in [0.4, 0.5) is 0 Å². The maximum absolute atomic E-state index is 2.24. The van der Waals surface area contributed by atoms with Crippen LogP contribution in [0.25, 0.3) is 23.3 Å². The van der Waals surface area contributed by atoms with E-state index in [1.165, 1.54) is 33.4 Å². The van der Waals surface area contributed by atoms with E-state index in [0.717, 1.165) is 0 Å². The summed E-state index contributed by atoms with van der Waals surface area (Å²) >= 11 is 0. The molecule has 0 heterocycles. The predicted octanol–water partition coefficient (Wildman–Crippen LogP) is 6.81. The molecule has 0 spiro atoms. The Balaban J connectivity index is 1.99. The largest absolute Gasteiger partial charge is 0.0622 e. The molecule has 3 aromatic rings. The molecule has 0 aromatic heterocycles. The molecule has 0 N–H and O–H groups in total. The molecule has 0 radical (unpaired) electrons. The topological polar surface area (TPSA) is 0 Å². The lowest BCUT2D eigenvalue weighted by Crippen LogP contribution is -1.89. The summed E-state index contributed by atoms with van der Waals surface area (Å²) in [5.41, 5.74) is 7.58. The average molecular weight is 310 g/mol. The van der Waals surface area contributed by atoms with E-state index in [1.54, 1.807) is 0 Å². The molecule has 0 fully saturated rings. The van der Waals surface area contributed by atoms with Gasteiger partial charge in [0.15, 0.2) is 0 Å². The minimum absolute atomic E-state index is 1.23. The van der Waals surface area contributed by atoms with Gasteiger partial charge in [-0.25, -0.2) is 0 Å². The second-order valence-corrected chi connectivity index (χ2v) is 6.02. The third-order valence-electron chi connectivity index (χ3n) is 4.14. The molecule has 0 saturated heterocycles. The summed E-state index contributed by atoms with van der Waals surface area (Å²) in [6.45, 7) is 4.36. The number of hydrogen-bond acceptors (Lipinski definition) is 0. The van der Waals surface area contributed by atoms with E-state index in [1.807, 2.05) is 12.1 Å². The Bertz CT molecular complexity index is 778. The van der Waals surface area contributed by atoms with E-state index in [0.29, 0.717) is 0 Å². The Morgan fingerprint density at radius 3 is 1.21 bits per heavy atom. The van der Waals surface area contributed by atoms with Crippen molar-refractivity contribution in [1.29, 1.82) is 0 Å². The van der Waals surface area contributed by atoms with Gasteiger partial charge in [0.25, 0.3) is 0 Å². The van der Waals surface area contributed by atoms with Crippen LogP contribution in [0.15, 0.2) is 84.9 Å². The van der Waals surface area contributed by atoms with Crippen molar-refractivity contribution >= 4 is 23.3 Å². The zero-order chi connectivity index (χ0) is 16.8. The van der Waals surface area contributed by atoms with Gasteiger partial charge in [0, 0.05) is 0 Å². The Morgan fingerprint density at radius 1 is 0.500 bits per heavy atom. The Kier molecular flexibility index (Phi) is 5.08. The number of benzene rings is 3. The lowest BCUT2D eigenvalue weighted by molar-refractivity contribution is 1.50. The van der Waals surface area contributed by atoms with Crippen LogP contribution in [-0.2, 0) is 0 Å². The van der Waals surface area contributed by atoms with Gasteiger partial charge >= 0.3 is 0 Å². The summed E-state index contributed by atoms with van der Waals surface area (Å²) in [5, 5.41) is 0. The van der Waals surface area contributed by atoms with Crippen LogP contribution in [0, 0.1) is 0 Å². The Morgan fingerprint density at radius 2 is 0.833 bits per heavy atom. The maximum atomic E-state index is 2.24. The van der Waals surface area contributed by atoms with E-state index >= 15 is 0 Å². The van der Waals surface area contributed by atoms with Gasteiger partial charge in [-0.15, -0.1) is 0 Å². The van der Waals surface area contributed by atoms with Crippen molar-refractivity contribution in [2.45, 2.75) is 13.8 Å². The van der Waals surface area contributed by atoms with Gasteiger partial charge in [0.05, 0.1) is 0 Å². The highest BCUT2D eigenvalue weighted by atomic mass is 14.1. The normalized spacial score (nSPS) is 12.2. The molecule has 0 aliphatic carbocycles. The fourth-order valence-corrected chi connectivity index (χ4v) is 2.92. The highest BCUT2D eigenvalue weighted by Gasteiger charge is 2.06. The molecule has 3 rings (SSSR count). The first-order chi connectivity index (χ1) is 11.7. The molecule has 0 saturated carbocycles. The number of rotatable bonds is 4. The molecule has 0 atom stereocenters. The zero-order valence-corrected chi connectivity index (χ0v) is 14.2. The summed E-state index contributed by atoms with van der Waals surface area (Å²) in [6, 6.07) is 29.6. The summed E-state index contributed by atoms with van der Waals surface area (Å²) in [7, 11) is 0. The molecule has 24 heavy (non-hydrogen) atoms. The van der Waals surface area contributed by atoms with Crippen molar-refractivity contribution < 1.29 is 0 Å². The second kappa shape index (κ2) is 7.61. The van der Waals surface area contributed by atoms with Crippen LogP contribution in [-0.4, -0.2) is 0 Å². The average Bonchev–Trinajstić information content (AvgIpc) is 2.63. The molecular weight excluding hydrogens is 288 g/mol. The van der Waals surface area contributed by atoms with Gasteiger partial charge in [-0.1, -0.05) is 97.1 Å². The molecule has 0 amide bonds. The minimum Gasteiger partial charge on any atom is -0.0622 e. The number of allylic oxidation sites excluding steroid dienone is 2. The van der Waals surface area contributed by atoms with E-state index in [9.17, 15) is 0 Å². The van der Waals surface area contributed by atoms with Crippen molar-refractivity contribution in [1.82, 2.24) is 0 Å². The molecule has 0 unspecified atom stereocenters. The predicted molar refractivity (Wildman–Crippen MR) is 106 cm³/mol. The van der Waals surface area contributed by atoms with Crippen LogP contribution in [0.1, 0.15) is 36.1 Å². The van der Waals surface area contributed by atoms with Crippen LogP contribution < -0.4 is 0 Å². The SMILES string of the molecule is CC(=Cc1ccccc1)c1ccccc1C(C)=Cc1ccccc1. The molecule has 0 bridgehead atoms. The summed E-state index contributed by atoms with van der Waals surface area (Å²) in [5.74, 6) is 0. The molecule has 0 aliphatic rings. The fraction of sp³-hybridized carbons (Fsp3) is 0.0833. The highest BCUT2D eigenvalue weighted by Crippen LogP contribution is 2.28. The van der Waals surface area contributed by atoms with Crippen molar-refractivity contribution in [2.24, 2.45) is 0 Å². The van der Waals surface area contributed by atoms with Crippen molar-refractivity contribution in [3.63, 3.8) is 0 Å². The Labute approximate surface area is 144 Å². The van der Waals surface area contributed by atoms with Crippen molar-refractivity contribution in [2.75, 3.05) is 0 Å². The van der Waals surface area contributed by atoms with E-state index in [4.69, 9.17) is 0 Å². The van der Waals surface area contributed by atoms with Gasteiger partial charge < -0.3 is 0 Å². The van der Waals surface area contributed by atoms with Crippen molar-refractivity contribution in [3.8, 4) is 0 Å². The Hall–Kier alpha value is -2.86. The van der Waals surface area contributed by atoms with Crippen LogP contribution in [0.5, 0.6) is 0 Å². The van der Waals surface area contributed by atoms with E-state index in [2.05, 4.69) is 98.8 Å². The molecule has 0 nitrogen and oxygen atoms in total. The minimum atomic E-state index is 1.23. The van der Waals surface area contributed by atoms with Gasteiger partial charge in [-0.3, -0.25) is 0 Å². The van der Waals surface area contributed by atoms with Gasteiger partial charge in [-0.2, -0.15) is 0 Å². The monoisotopic (exact) mass is 310 g/mol. The molecule has 118 valence electrons. The maximum Gasteiger partial charge on any atom is -0.0152 e. The van der Waals surface area contributed by atoms with Gasteiger partial charge in [-0.05, 0) is 47.2 Å². The first-order valence-electron chi connectivity index (χ1n) is 8.30. The van der Waals surface area contributed by atoms with Crippen LogP contribution in [0.2, 0.25) is 0 Å². The molecule has 0 heteroatoms. The van der Waals surface area contributed by atoms with Crippen LogP contribution >= 0.6 is 0 Å². The lowest BCUT2D eigenvalue weighted by atomic mass is 9.94. The van der Waals surface area contributed by atoms with E-state index in [-0.39, 0.29) is 0 Å². The quantitative estimate of drug-likeness (QED) is 0.464. The first-order valence-corrected chi connectivity index (χ1v) is 8.30. The second-order valence-electron chi connectivity index (χ2n) is 6.02. The first kappa shape index (κ1) is 16.0. The lowest BCUT2D eigenvalue weighted by Gasteiger charge is -2.11. The zero-order valence-electron chi connectivity index (χ0n) is 14.2. The fourth-order valence-electron chi connectivity index (χ4n) is 2.92. The number of hydrogen-bond donors (Lipinski definition) is 0. The summed E-state index contributed by atoms with van der Waals surface area (Å²) < 4.78 is 0. The summed E-state index contributed by atoms with van der Waals surface area (Å²) in [6.07, 6.45) is 4.49. The van der Waals surface area contributed by atoms with Gasteiger partial charge in [0.1, 0.15) is 0 Å². The molecule has 0 aliphatic heterocycles.